The van der Waals surface area contributed by atoms with Crippen LogP contribution in [0.3, 0.4) is 0 Å². The van der Waals surface area contributed by atoms with E-state index in [0.29, 0.717) is 28.0 Å². The quantitative estimate of drug-likeness (QED) is 0.302. The van der Waals surface area contributed by atoms with Crippen molar-refractivity contribution in [2.75, 3.05) is 7.11 Å². The zero-order chi connectivity index (χ0) is 23.4. The van der Waals surface area contributed by atoms with Crippen LogP contribution in [-0.4, -0.2) is 23.2 Å². The van der Waals surface area contributed by atoms with E-state index < -0.39 is 0 Å². The van der Waals surface area contributed by atoms with E-state index in [4.69, 9.17) is 21.1 Å². The van der Waals surface area contributed by atoms with E-state index in [9.17, 15) is 9.59 Å². The number of imide groups is 1. The highest BCUT2D eigenvalue weighted by Crippen LogP contribution is 2.36. The fourth-order valence-corrected chi connectivity index (χ4v) is 4.52. The lowest BCUT2D eigenvalue weighted by Crippen LogP contribution is -2.27. The van der Waals surface area contributed by atoms with Gasteiger partial charge in [0.2, 0.25) is 0 Å². The van der Waals surface area contributed by atoms with E-state index >= 15 is 0 Å². The summed E-state index contributed by atoms with van der Waals surface area (Å²) in [6.07, 6.45) is 1.68. The van der Waals surface area contributed by atoms with Crippen LogP contribution in [0.4, 0.5) is 4.79 Å². The highest BCUT2D eigenvalue weighted by atomic mass is 79.9. The zero-order valence-corrected chi connectivity index (χ0v) is 20.7. The van der Waals surface area contributed by atoms with E-state index in [1.165, 1.54) is 4.90 Å². The first-order valence-electron chi connectivity index (χ1n) is 9.98. The lowest BCUT2D eigenvalue weighted by molar-refractivity contribution is -0.123. The number of carbonyl (C=O) groups is 2. The normalized spacial score (nSPS) is 14.8. The average Bonchev–Trinajstić information content (AvgIpc) is 3.07. The molecule has 168 valence electrons. The molecule has 0 unspecified atom stereocenters. The van der Waals surface area contributed by atoms with Gasteiger partial charge in [0.15, 0.2) is 11.5 Å². The lowest BCUT2D eigenvalue weighted by atomic mass is 10.1. The largest absolute Gasteiger partial charge is 0.493 e. The Balaban J connectivity index is 1.52. The van der Waals surface area contributed by atoms with Gasteiger partial charge in [0, 0.05) is 9.50 Å². The summed E-state index contributed by atoms with van der Waals surface area (Å²) in [6, 6.07) is 20.4. The third-order valence-electron chi connectivity index (χ3n) is 4.95. The predicted octanol–water partition coefficient (Wildman–Crippen LogP) is 6.93. The van der Waals surface area contributed by atoms with Crippen molar-refractivity contribution in [3.63, 3.8) is 0 Å². The van der Waals surface area contributed by atoms with Crippen molar-refractivity contribution < 1.29 is 19.1 Å². The summed E-state index contributed by atoms with van der Waals surface area (Å²) in [6.45, 7) is 0.493. The third kappa shape index (κ3) is 5.61. The van der Waals surface area contributed by atoms with Gasteiger partial charge in [0.1, 0.15) is 6.61 Å². The Morgan fingerprint density at radius 2 is 1.79 bits per heavy atom. The minimum Gasteiger partial charge on any atom is -0.493 e. The summed E-state index contributed by atoms with van der Waals surface area (Å²) in [7, 11) is 1.57. The lowest BCUT2D eigenvalue weighted by Gasteiger charge is -2.13. The molecule has 1 heterocycles. The van der Waals surface area contributed by atoms with Gasteiger partial charge >= 0.3 is 0 Å². The van der Waals surface area contributed by atoms with Crippen molar-refractivity contribution in [3.8, 4) is 11.5 Å². The highest BCUT2D eigenvalue weighted by molar-refractivity contribution is 9.10. The SMILES string of the molecule is COc1ccc(/C=C2\SC(=O)N(Cc3ccccc3Cl)C2=O)cc1OCc1ccc(Br)cc1. The van der Waals surface area contributed by atoms with Gasteiger partial charge < -0.3 is 9.47 Å². The van der Waals surface area contributed by atoms with Gasteiger partial charge in [-0.25, -0.2) is 0 Å². The molecule has 3 aromatic rings. The van der Waals surface area contributed by atoms with E-state index in [0.717, 1.165) is 32.9 Å². The van der Waals surface area contributed by atoms with Gasteiger partial charge in [-0.15, -0.1) is 0 Å². The molecule has 0 saturated carbocycles. The Hall–Kier alpha value is -2.74. The molecule has 0 spiro atoms. The number of methoxy groups -OCH3 is 1. The van der Waals surface area contributed by atoms with Crippen molar-refractivity contribution in [1.82, 2.24) is 4.90 Å². The zero-order valence-electron chi connectivity index (χ0n) is 17.6. The number of carbonyl (C=O) groups excluding carboxylic acids is 2. The van der Waals surface area contributed by atoms with Gasteiger partial charge in [-0.3, -0.25) is 14.5 Å². The topological polar surface area (TPSA) is 55.8 Å². The number of hydrogen-bond acceptors (Lipinski definition) is 5. The fourth-order valence-electron chi connectivity index (χ4n) is 3.22. The van der Waals surface area contributed by atoms with Crippen LogP contribution in [0.1, 0.15) is 16.7 Å². The summed E-state index contributed by atoms with van der Waals surface area (Å²) in [4.78, 5) is 26.9. The Labute approximate surface area is 209 Å². The van der Waals surface area contributed by atoms with Gasteiger partial charge in [0.05, 0.1) is 18.6 Å². The van der Waals surface area contributed by atoms with Crippen LogP contribution in [0.25, 0.3) is 6.08 Å². The molecule has 2 amide bonds. The first kappa shape index (κ1) is 23.4. The fraction of sp³-hybridized carbons (Fsp3) is 0.120. The molecule has 1 aliphatic heterocycles. The summed E-state index contributed by atoms with van der Waals surface area (Å²) in [5, 5.41) is 0.189. The van der Waals surface area contributed by atoms with Crippen LogP contribution in [0.5, 0.6) is 11.5 Å². The maximum atomic E-state index is 12.9. The Bertz CT molecular complexity index is 1230. The molecule has 1 fully saturated rings. The molecule has 8 heteroatoms. The minimum absolute atomic E-state index is 0.131. The van der Waals surface area contributed by atoms with Gasteiger partial charge in [-0.05, 0) is 64.9 Å². The molecule has 0 aromatic heterocycles. The molecule has 0 aliphatic carbocycles. The summed E-state index contributed by atoms with van der Waals surface area (Å²) < 4.78 is 12.4. The molecule has 0 N–H and O–H groups in total. The van der Waals surface area contributed by atoms with Crippen molar-refractivity contribution in [3.05, 3.63) is 97.8 Å². The number of thioether (sulfide) groups is 1. The second kappa shape index (κ2) is 10.5. The molecule has 0 bridgehead atoms. The van der Waals surface area contributed by atoms with E-state index in [-0.39, 0.29) is 17.7 Å². The van der Waals surface area contributed by atoms with Crippen molar-refractivity contribution in [2.24, 2.45) is 0 Å². The van der Waals surface area contributed by atoms with Crippen LogP contribution in [0, 0.1) is 0 Å². The third-order valence-corrected chi connectivity index (χ3v) is 6.76. The molecule has 0 radical (unpaired) electrons. The van der Waals surface area contributed by atoms with Crippen LogP contribution in [0.15, 0.2) is 76.1 Å². The molecule has 4 rings (SSSR count). The molecular weight excluding hydrogens is 526 g/mol. The maximum Gasteiger partial charge on any atom is 0.293 e. The number of ether oxygens (including phenoxy) is 2. The Kier molecular flexibility index (Phi) is 7.42. The van der Waals surface area contributed by atoms with Gasteiger partial charge in [-0.2, -0.15) is 0 Å². The first-order chi connectivity index (χ1) is 15.9. The molecule has 0 atom stereocenters. The molecular formula is C25H19BrClNO4S. The van der Waals surface area contributed by atoms with Crippen LogP contribution < -0.4 is 9.47 Å². The average molecular weight is 545 g/mol. The molecule has 1 saturated heterocycles. The summed E-state index contributed by atoms with van der Waals surface area (Å²) in [5.41, 5.74) is 2.45. The minimum atomic E-state index is -0.349. The Morgan fingerprint density at radius 1 is 1.03 bits per heavy atom. The van der Waals surface area contributed by atoms with Crippen molar-refractivity contribution >= 4 is 56.5 Å². The first-order valence-corrected chi connectivity index (χ1v) is 12.0. The Morgan fingerprint density at radius 3 is 2.52 bits per heavy atom. The summed E-state index contributed by atoms with van der Waals surface area (Å²) in [5.74, 6) is 0.776. The highest BCUT2D eigenvalue weighted by Gasteiger charge is 2.35. The number of hydrogen-bond donors (Lipinski definition) is 0. The number of halogens is 2. The van der Waals surface area contributed by atoms with Gasteiger partial charge in [0.25, 0.3) is 11.1 Å². The van der Waals surface area contributed by atoms with E-state index in [1.54, 1.807) is 43.5 Å². The number of benzene rings is 3. The monoisotopic (exact) mass is 543 g/mol. The maximum absolute atomic E-state index is 12.9. The molecule has 1 aliphatic rings. The van der Waals surface area contributed by atoms with Crippen molar-refractivity contribution in [1.29, 1.82) is 0 Å². The van der Waals surface area contributed by atoms with E-state index in [2.05, 4.69) is 15.9 Å². The van der Waals surface area contributed by atoms with Crippen LogP contribution in [-0.2, 0) is 17.9 Å². The number of nitrogens with zero attached hydrogens (tertiary/aromatic N) is 1. The smallest absolute Gasteiger partial charge is 0.293 e. The molecule has 5 nitrogen and oxygen atoms in total. The molecule has 3 aromatic carbocycles. The van der Waals surface area contributed by atoms with Crippen LogP contribution in [0.2, 0.25) is 5.02 Å². The second-order valence-corrected chi connectivity index (χ2v) is 9.50. The van der Waals surface area contributed by atoms with Gasteiger partial charge in [-0.1, -0.05) is 63.9 Å². The number of amides is 2. The number of rotatable bonds is 7. The summed E-state index contributed by atoms with van der Waals surface area (Å²) >= 11 is 10.5. The van der Waals surface area contributed by atoms with E-state index in [1.807, 2.05) is 36.4 Å². The molecule has 33 heavy (non-hydrogen) atoms. The predicted molar refractivity (Wildman–Crippen MR) is 134 cm³/mol. The second-order valence-electron chi connectivity index (χ2n) is 7.18. The van der Waals surface area contributed by atoms with Crippen molar-refractivity contribution in [2.45, 2.75) is 13.2 Å². The van der Waals surface area contributed by atoms with Crippen LogP contribution >= 0.6 is 39.3 Å². The standard InChI is InChI=1S/C25H19BrClNO4S/c1-31-21-11-8-17(12-22(21)32-15-16-6-9-19(26)10-7-16)13-23-24(29)28(25(30)33-23)14-18-4-2-3-5-20(18)27/h2-13H,14-15H2,1H3/b23-13-.